The summed E-state index contributed by atoms with van der Waals surface area (Å²) in [6.45, 7) is 3.67. The Bertz CT molecular complexity index is 410. The Hall–Kier alpha value is -0.870. The third-order valence-corrected chi connectivity index (χ3v) is 3.95. The van der Waals surface area contributed by atoms with E-state index < -0.39 is 0 Å². The summed E-state index contributed by atoms with van der Waals surface area (Å²) in [5.41, 5.74) is 2.51. The van der Waals surface area contributed by atoms with Crippen molar-refractivity contribution >= 4 is 21.8 Å². The first-order chi connectivity index (χ1) is 8.15. The van der Waals surface area contributed by atoms with Gasteiger partial charge in [0.25, 0.3) is 0 Å². The number of aryl methyl sites for hydroxylation is 1. The van der Waals surface area contributed by atoms with Gasteiger partial charge in [0, 0.05) is 30.0 Å². The molecule has 1 atom stereocenters. The Morgan fingerprint density at radius 3 is 3.00 bits per heavy atom. The van der Waals surface area contributed by atoms with Crippen LogP contribution in [0.1, 0.15) is 24.0 Å². The molecule has 0 spiro atoms. The largest absolute Gasteiger partial charge is 0.355 e. The first kappa shape index (κ1) is 12.6. The van der Waals surface area contributed by atoms with Gasteiger partial charge in [0.1, 0.15) is 0 Å². The molecule has 1 aromatic rings. The minimum absolute atomic E-state index is 0.168. The molecule has 92 valence electrons. The maximum atomic E-state index is 11.0. The van der Waals surface area contributed by atoms with E-state index in [1.807, 2.05) is 0 Å². The highest BCUT2D eigenvalue weighted by atomic mass is 79.9. The molecule has 3 nitrogen and oxygen atoms in total. The second kappa shape index (κ2) is 5.65. The van der Waals surface area contributed by atoms with Crippen LogP contribution in [0.25, 0.3) is 0 Å². The van der Waals surface area contributed by atoms with Crippen LogP contribution in [0.4, 0.5) is 0 Å². The van der Waals surface area contributed by atoms with Crippen LogP contribution in [0.2, 0.25) is 0 Å². The predicted molar refractivity (Wildman–Crippen MR) is 71.8 cm³/mol. The summed E-state index contributed by atoms with van der Waals surface area (Å²) in [5.74, 6) is 0.168. The molecule has 1 amide bonds. The molecule has 0 bridgehead atoms. The van der Waals surface area contributed by atoms with Gasteiger partial charge in [0.15, 0.2) is 0 Å². The molecular weight excluding hydrogens is 280 g/mol. The average Bonchev–Trinajstić information content (AvgIpc) is 2.33. The van der Waals surface area contributed by atoms with E-state index in [1.54, 1.807) is 0 Å². The van der Waals surface area contributed by atoms with Gasteiger partial charge in [-0.15, -0.1) is 0 Å². The zero-order chi connectivity index (χ0) is 12.3. The molecule has 0 saturated carbocycles. The van der Waals surface area contributed by atoms with E-state index in [0.717, 1.165) is 24.0 Å². The molecule has 0 aliphatic carbocycles. The van der Waals surface area contributed by atoms with Crippen LogP contribution in [0.15, 0.2) is 22.7 Å². The Kier molecular flexibility index (Phi) is 4.18. The second-order valence-corrected chi connectivity index (χ2v) is 5.36. The number of halogens is 1. The topological polar surface area (TPSA) is 41.1 Å². The van der Waals surface area contributed by atoms with Gasteiger partial charge >= 0.3 is 0 Å². The van der Waals surface area contributed by atoms with Crippen LogP contribution >= 0.6 is 15.9 Å². The SMILES string of the molecule is Cc1ccc(CNC2CCC(=O)NC2)cc1Br. The summed E-state index contributed by atoms with van der Waals surface area (Å²) in [7, 11) is 0. The summed E-state index contributed by atoms with van der Waals surface area (Å²) in [6.07, 6.45) is 1.56. The maximum absolute atomic E-state index is 11.0. The van der Waals surface area contributed by atoms with Crippen LogP contribution in [0.3, 0.4) is 0 Å². The van der Waals surface area contributed by atoms with Crippen molar-refractivity contribution in [2.75, 3.05) is 6.54 Å². The lowest BCUT2D eigenvalue weighted by atomic mass is 10.1. The molecule has 1 fully saturated rings. The van der Waals surface area contributed by atoms with Gasteiger partial charge in [-0.3, -0.25) is 4.79 Å². The lowest BCUT2D eigenvalue weighted by Crippen LogP contribution is -2.45. The van der Waals surface area contributed by atoms with Crippen LogP contribution in [-0.4, -0.2) is 18.5 Å². The van der Waals surface area contributed by atoms with Crippen molar-refractivity contribution in [3.8, 4) is 0 Å². The fourth-order valence-corrected chi connectivity index (χ4v) is 2.34. The highest BCUT2D eigenvalue weighted by Gasteiger charge is 2.16. The number of piperidine rings is 1. The van der Waals surface area contributed by atoms with E-state index in [2.05, 4.69) is 51.7 Å². The number of rotatable bonds is 3. The smallest absolute Gasteiger partial charge is 0.220 e. The highest BCUT2D eigenvalue weighted by molar-refractivity contribution is 9.10. The zero-order valence-corrected chi connectivity index (χ0v) is 11.5. The molecule has 1 aliphatic heterocycles. The van der Waals surface area contributed by atoms with Gasteiger partial charge in [-0.25, -0.2) is 0 Å². The fraction of sp³-hybridized carbons (Fsp3) is 0.462. The van der Waals surface area contributed by atoms with Crippen LogP contribution in [-0.2, 0) is 11.3 Å². The van der Waals surface area contributed by atoms with Gasteiger partial charge in [-0.2, -0.15) is 0 Å². The summed E-state index contributed by atoms with van der Waals surface area (Å²) in [4.78, 5) is 11.0. The summed E-state index contributed by atoms with van der Waals surface area (Å²) < 4.78 is 1.15. The van der Waals surface area contributed by atoms with Crippen LogP contribution in [0.5, 0.6) is 0 Å². The minimum Gasteiger partial charge on any atom is -0.355 e. The van der Waals surface area contributed by atoms with Crippen LogP contribution in [0, 0.1) is 6.92 Å². The monoisotopic (exact) mass is 296 g/mol. The number of benzene rings is 1. The maximum Gasteiger partial charge on any atom is 0.220 e. The van der Waals surface area contributed by atoms with E-state index in [-0.39, 0.29) is 5.91 Å². The normalized spacial score (nSPS) is 20.1. The molecular formula is C13H17BrN2O. The van der Waals surface area contributed by atoms with Crippen molar-refractivity contribution in [3.63, 3.8) is 0 Å². The van der Waals surface area contributed by atoms with Crippen molar-refractivity contribution in [1.82, 2.24) is 10.6 Å². The standard InChI is InChI=1S/C13H17BrN2O/c1-9-2-3-10(6-12(9)14)7-15-11-4-5-13(17)16-8-11/h2-3,6,11,15H,4-5,7-8H2,1H3,(H,16,17). The molecule has 1 aromatic carbocycles. The average molecular weight is 297 g/mol. The number of hydrogen-bond acceptors (Lipinski definition) is 2. The highest BCUT2D eigenvalue weighted by Crippen LogP contribution is 2.17. The molecule has 1 unspecified atom stereocenters. The second-order valence-electron chi connectivity index (χ2n) is 4.50. The number of nitrogens with one attached hydrogen (secondary N) is 2. The molecule has 2 rings (SSSR count). The van der Waals surface area contributed by atoms with Gasteiger partial charge < -0.3 is 10.6 Å². The third kappa shape index (κ3) is 3.54. The Balaban J connectivity index is 1.85. The molecule has 0 radical (unpaired) electrons. The number of amides is 1. The number of carbonyl (C=O) groups is 1. The van der Waals surface area contributed by atoms with Crippen molar-refractivity contribution < 1.29 is 4.79 Å². The van der Waals surface area contributed by atoms with Gasteiger partial charge in [-0.1, -0.05) is 28.1 Å². The lowest BCUT2D eigenvalue weighted by Gasteiger charge is -2.23. The summed E-state index contributed by atoms with van der Waals surface area (Å²) in [6, 6.07) is 6.79. The first-order valence-corrected chi connectivity index (χ1v) is 6.69. The molecule has 0 aromatic heterocycles. The quantitative estimate of drug-likeness (QED) is 0.897. The van der Waals surface area contributed by atoms with E-state index in [4.69, 9.17) is 0 Å². The molecule has 1 heterocycles. The summed E-state index contributed by atoms with van der Waals surface area (Å²) in [5, 5.41) is 6.35. The summed E-state index contributed by atoms with van der Waals surface area (Å²) >= 11 is 3.54. The Morgan fingerprint density at radius 1 is 1.53 bits per heavy atom. The molecule has 4 heteroatoms. The fourth-order valence-electron chi connectivity index (χ4n) is 1.92. The number of hydrogen-bond donors (Lipinski definition) is 2. The van der Waals surface area contributed by atoms with E-state index in [9.17, 15) is 4.79 Å². The van der Waals surface area contributed by atoms with Crippen molar-refractivity contribution in [2.45, 2.75) is 32.4 Å². The minimum atomic E-state index is 0.168. The van der Waals surface area contributed by atoms with Gasteiger partial charge in [0.05, 0.1) is 0 Å². The predicted octanol–water partition coefficient (Wildman–Crippen LogP) is 2.13. The third-order valence-electron chi connectivity index (χ3n) is 3.10. The van der Waals surface area contributed by atoms with Crippen LogP contribution < -0.4 is 10.6 Å². The van der Waals surface area contributed by atoms with E-state index >= 15 is 0 Å². The Morgan fingerprint density at radius 2 is 2.35 bits per heavy atom. The van der Waals surface area contributed by atoms with E-state index in [1.165, 1.54) is 11.1 Å². The first-order valence-electron chi connectivity index (χ1n) is 5.90. The van der Waals surface area contributed by atoms with Crippen molar-refractivity contribution in [1.29, 1.82) is 0 Å². The molecule has 17 heavy (non-hydrogen) atoms. The van der Waals surface area contributed by atoms with E-state index in [0.29, 0.717) is 12.5 Å². The van der Waals surface area contributed by atoms with Crippen molar-refractivity contribution in [3.05, 3.63) is 33.8 Å². The van der Waals surface area contributed by atoms with Gasteiger partial charge in [0.2, 0.25) is 5.91 Å². The molecule has 1 aliphatic rings. The Labute approximate surface area is 110 Å². The molecule has 1 saturated heterocycles. The van der Waals surface area contributed by atoms with Crippen molar-refractivity contribution in [2.24, 2.45) is 0 Å². The lowest BCUT2D eigenvalue weighted by molar-refractivity contribution is -0.122. The number of carbonyl (C=O) groups excluding carboxylic acids is 1. The van der Waals surface area contributed by atoms with Gasteiger partial charge in [-0.05, 0) is 30.5 Å². The molecule has 2 N–H and O–H groups in total. The zero-order valence-electron chi connectivity index (χ0n) is 9.92.